The summed E-state index contributed by atoms with van der Waals surface area (Å²) in [5.41, 5.74) is 0.420. The van der Waals surface area contributed by atoms with Gasteiger partial charge in [0.25, 0.3) is 5.92 Å². The largest absolute Gasteiger partial charge is 0.478 e. The van der Waals surface area contributed by atoms with E-state index in [1.165, 1.54) is 11.0 Å². The molecular formula is C10H9F2NO2. The number of carbonyl (C=O) groups is 1. The van der Waals surface area contributed by atoms with Crippen LogP contribution in [-0.2, 0) is 0 Å². The lowest BCUT2D eigenvalue weighted by Gasteiger charge is -2.40. The van der Waals surface area contributed by atoms with Gasteiger partial charge in [0.05, 0.1) is 24.3 Å². The van der Waals surface area contributed by atoms with E-state index >= 15 is 0 Å². The molecule has 1 aromatic rings. The van der Waals surface area contributed by atoms with Gasteiger partial charge in [0, 0.05) is 0 Å². The highest BCUT2D eigenvalue weighted by molar-refractivity contribution is 5.94. The van der Waals surface area contributed by atoms with E-state index < -0.39 is 25.0 Å². The average molecular weight is 213 g/mol. The molecule has 0 aliphatic carbocycles. The number of rotatable bonds is 2. The number of alkyl halides is 2. The topological polar surface area (TPSA) is 40.5 Å². The summed E-state index contributed by atoms with van der Waals surface area (Å²) < 4.78 is 25.2. The van der Waals surface area contributed by atoms with Gasteiger partial charge in [-0.25, -0.2) is 13.6 Å². The zero-order valence-corrected chi connectivity index (χ0v) is 7.78. The van der Waals surface area contributed by atoms with Crippen molar-refractivity contribution in [2.45, 2.75) is 5.92 Å². The lowest BCUT2D eigenvalue weighted by atomic mass is 10.1. The number of hydrogen-bond donors (Lipinski definition) is 1. The van der Waals surface area contributed by atoms with Gasteiger partial charge in [-0.05, 0) is 12.1 Å². The minimum absolute atomic E-state index is 0.0630. The number of carboxylic acids is 1. The minimum Gasteiger partial charge on any atom is -0.478 e. The van der Waals surface area contributed by atoms with Crippen LogP contribution in [0.1, 0.15) is 10.4 Å². The molecule has 0 aromatic heterocycles. The van der Waals surface area contributed by atoms with Crippen molar-refractivity contribution in [1.82, 2.24) is 0 Å². The number of benzene rings is 1. The summed E-state index contributed by atoms with van der Waals surface area (Å²) in [5, 5.41) is 8.85. The maximum absolute atomic E-state index is 12.6. The number of aromatic carboxylic acids is 1. The molecule has 2 rings (SSSR count). The molecule has 1 aliphatic rings. The van der Waals surface area contributed by atoms with Gasteiger partial charge in [-0.3, -0.25) is 0 Å². The average Bonchev–Trinajstić information content (AvgIpc) is 2.14. The van der Waals surface area contributed by atoms with Crippen LogP contribution in [0.25, 0.3) is 0 Å². The SMILES string of the molecule is O=C(O)c1ccccc1N1CC(F)(F)C1. The van der Waals surface area contributed by atoms with Crippen LogP contribution in [-0.4, -0.2) is 30.1 Å². The molecule has 0 atom stereocenters. The third-order valence-electron chi connectivity index (χ3n) is 2.32. The molecular weight excluding hydrogens is 204 g/mol. The molecule has 1 N–H and O–H groups in total. The number of para-hydroxylation sites is 1. The van der Waals surface area contributed by atoms with E-state index in [0.29, 0.717) is 5.69 Å². The molecule has 3 nitrogen and oxygen atoms in total. The number of hydrogen-bond acceptors (Lipinski definition) is 2. The summed E-state index contributed by atoms with van der Waals surface area (Å²) >= 11 is 0. The molecule has 1 aromatic carbocycles. The van der Waals surface area contributed by atoms with Gasteiger partial charge in [-0.2, -0.15) is 0 Å². The van der Waals surface area contributed by atoms with Crippen molar-refractivity contribution in [1.29, 1.82) is 0 Å². The lowest BCUT2D eigenvalue weighted by Crippen LogP contribution is -2.56. The first kappa shape index (κ1) is 9.89. The Morgan fingerprint density at radius 3 is 2.47 bits per heavy atom. The molecule has 5 heteroatoms. The lowest BCUT2D eigenvalue weighted by molar-refractivity contribution is -0.0264. The summed E-state index contributed by atoms with van der Waals surface area (Å²) in [6.45, 7) is -0.811. The van der Waals surface area contributed by atoms with Crippen molar-refractivity contribution in [2.24, 2.45) is 0 Å². The van der Waals surface area contributed by atoms with Crippen molar-refractivity contribution in [3.8, 4) is 0 Å². The normalized spacial score (nSPS) is 18.4. The van der Waals surface area contributed by atoms with E-state index in [9.17, 15) is 13.6 Å². The van der Waals surface area contributed by atoms with Crippen LogP contribution in [0.15, 0.2) is 24.3 Å². The molecule has 0 bridgehead atoms. The van der Waals surface area contributed by atoms with Crippen molar-refractivity contribution >= 4 is 11.7 Å². The van der Waals surface area contributed by atoms with Gasteiger partial charge < -0.3 is 10.0 Å². The molecule has 0 amide bonds. The third kappa shape index (κ3) is 1.77. The van der Waals surface area contributed by atoms with Gasteiger partial charge in [0.2, 0.25) is 0 Å². The summed E-state index contributed by atoms with van der Waals surface area (Å²) in [6.07, 6.45) is 0. The first-order chi connectivity index (χ1) is 6.99. The zero-order chi connectivity index (χ0) is 11.1. The van der Waals surface area contributed by atoms with Gasteiger partial charge in [0.1, 0.15) is 0 Å². The molecule has 80 valence electrons. The van der Waals surface area contributed by atoms with Crippen LogP contribution >= 0.6 is 0 Å². The predicted molar refractivity (Wildman–Crippen MR) is 50.6 cm³/mol. The van der Waals surface area contributed by atoms with Crippen molar-refractivity contribution in [2.75, 3.05) is 18.0 Å². The van der Waals surface area contributed by atoms with E-state index in [0.717, 1.165) is 0 Å². The standard InChI is InChI=1S/C10H9F2NO2/c11-10(12)5-13(6-10)8-4-2-1-3-7(8)9(14)15/h1-4H,5-6H2,(H,14,15). The summed E-state index contributed by atoms with van der Waals surface area (Å²) in [7, 11) is 0. The number of nitrogens with zero attached hydrogens (tertiary/aromatic N) is 1. The predicted octanol–water partition coefficient (Wildman–Crippen LogP) is 1.84. The summed E-state index contributed by atoms with van der Waals surface area (Å²) in [4.78, 5) is 12.2. The van der Waals surface area contributed by atoms with E-state index in [1.54, 1.807) is 18.2 Å². The Balaban J connectivity index is 2.26. The fraction of sp³-hybridized carbons (Fsp3) is 0.300. The van der Waals surface area contributed by atoms with E-state index in [1.807, 2.05) is 0 Å². The second kappa shape index (κ2) is 3.18. The Bertz CT molecular complexity index is 398. The highest BCUT2D eigenvalue weighted by Gasteiger charge is 2.44. The maximum Gasteiger partial charge on any atom is 0.337 e. The minimum atomic E-state index is -2.69. The Kier molecular flexibility index (Phi) is 2.10. The Morgan fingerprint density at radius 2 is 1.93 bits per heavy atom. The summed E-state index contributed by atoms with van der Waals surface area (Å²) in [5.74, 6) is -3.79. The van der Waals surface area contributed by atoms with Gasteiger partial charge in [-0.15, -0.1) is 0 Å². The van der Waals surface area contributed by atoms with Crippen LogP contribution in [0.5, 0.6) is 0 Å². The van der Waals surface area contributed by atoms with Crippen LogP contribution in [0, 0.1) is 0 Å². The van der Waals surface area contributed by atoms with Crippen molar-refractivity contribution < 1.29 is 18.7 Å². The highest BCUT2D eigenvalue weighted by atomic mass is 19.3. The molecule has 1 saturated heterocycles. The molecule has 0 unspecified atom stereocenters. The van der Waals surface area contributed by atoms with E-state index in [4.69, 9.17) is 5.11 Å². The van der Waals surface area contributed by atoms with Gasteiger partial charge in [0.15, 0.2) is 0 Å². The zero-order valence-electron chi connectivity index (χ0n) is 7.78. The Labute approximate surface area is 84.9 Å². The van der Waals surface area contributed by atoms with Crippen LogP contribution < -0.4 is 4.90 Å². The first-order valence-corrected chi connectivity index (χ1v) is 4.45. The summed E-state index contributed by atoms with van der Waals surface area (Å²) in [6, 6.07) is 6.16. The quantitative estimate of drug-likeness (QED) is 0.814. The van der Waals surface area contributed by atoms with Crippen molar-refractivity contribution in [3.63, 3.8) is 0 Å². The number of halogens is 2. The van der Waals surface area contributed by atoms with E-state index in [-0.39, 0.29) is 5.56 Å². The monoisotopic (exact) mass is 213 g/mol. The molecule has 15 heavy (non-hydrogen) atoms. The van der Waals surface area contributed by atoms with Crippen LogP contribution in [0.3, 0.4) is 0 Å². The number of carboxylic acid groups (broad SMARTS) is 1. The van der Waals surface area contributed by atoms with Crippen molar-refractivity contribution in [3.05, 3.63) is 29.8 Å². The third-order valence-corrected chi connectivity index (χ3v) is 2.32. The fourth-order valence-electron chi connectivity index (χ4n) is 1.61. The first-order valence-electron chi connectivity index (χ1n) is 4.45. The Hall–Kier alpha value is -1.65. The molecule has 0 spiro atoms. The molecule has 0 saturated carbocycles. The number of anilines is 1. The smallest absolute Gasteiger partial charge is 0.337 e. The molecule has 1 heterocycles. The maximum atomic E-state index is 12.6. The fourth-order valence-corrected chi connectivity index (χ4v) is 1.61. The van der Waals surface area contributed by atoms with Gasteiger partial charge in [-0.1, -0.05) is 12.1 Å². The highest BCUT2D eigenvalue weighted by Crippen LogP contribution is 2.33. The Morgan fingerprint density at radius 1 is 1.33 bits per heavy atom. The van der Waals surface area contributed by atoms with Crippen LogP contribution in [0.4, 0.5) is 14.5 Å². The van der Waals surface area contributed by atoms with E-state index in [2.05, 4.69) is 0 Å². The van der Waals surface area contributed by atoms with Gasteiger partial charge >= 0.3 is 5.97 Å². The molecule has 0 radical (unpaired) electrons. The molecule has 1 aliphatic heterocycles. The second-order valence-corrected chi connectivity index (χ2v) is 3.53. The second-order valence-electron chi connectivity index (χ2n) is 3.53. The van der Waals surface area contributed by atoms with Crippen LogP contribution in [0.2, 0.25) is 0 Å². The molecule has 1 fully saturated rings.